The molecule has 0 aliphatic carbocycles. The maximum absolute atomic E-state index is 11.7. The van der Waals surface area contributed by atoms with Gasteiger partial charge in [0.25, 0.3) is 10.0 Å². The van der Waals surface area contributed by atoms with Crippen LogP contribution in [0, 0.1) is 0 Å². The fourth-order valence-electron chi connectivity index (χ4n) is 2.99. The second-order valence-corrected chi connectivity index (χ2v) is 10.0. The van der Waals surface area contributed by atoms with Crippen LogP contribution in [0.4, 0.5) is 11.6 Å². The van der Waals surface area contributed by atoms with Gasteiger partial charge in [0, 0.05) is 22.8 Å². The molecule has 31 heavy (non-hydrogen) atoms. The Morgan fingerprint density at radius 2 is 2.00 bits per heavy atom. The molecule has 0 bridgehead atoms. The first-order chi connectivity index (χ1) is 14.5. The van der Waals surface area contributed by atoms with E-state index in [0.717, 1.165) is 21.2 Å². The smallest absolute Gasteiger partial charge is 0.250 e. The Labute approximate surface area is 183 Å². The maximum Gasteiger partial charge on any atom is 0.250 e. The normalized spacial score (nSPS) is 12.4. The van der Waals surface area contributed by atoms with Crippen LogP contribution in [0.3, 0.4) is 0 Å². The van der Waals surface area contributed by atoms with Gasteiger partial charge in [0.1, 0.15) is 0 Å². The first-order valence-electron chi connectivity index (χ1n) is 9.23. The Balaban J connectivity index is 1.61. The van der Waals surface area contributed by atoms with Crippen molar-refractivity contribution in [2.24, 2.45) is 0 Å². The predicted octanol–water partition coefficient (Wildman–Crippen LogP) is 2.67. The van der Waals surface area contributed by atoms with Crippen molar-refractivity contribution in [3.63, 3.8) is 0 Å². The van der Waals surface area contributed by atoms with E-state index >= 15 is 0 Å². The van der Waals surface area contributed by atoms with Crippen LogP contribution in [0.15, 0.2) is 43.0 Å². The molecule has 0 amide bonds. The van der Waals surface area contributed by atoms with Gasteiger partial charge in [-0.05, 0) is 32.0 Å². The van der Waals surface area contributed by atoms with Gasteiger partial charge in [-0.25, -0.2) is 18.4 Å². The molecule has 0 saturated carbocycles. The van der Waals surface area contributed by atoms with E-state index in [1.54, 1.807) is 18.5 Å². The van der Waals surface area contributed by atoms with E-state index in [4.69, 9.17) is 11.6 Å². The number of nitrogens with one attached hydrogen (secondary N) is 1. The van der Waals surface area contributed by atoms with Crippen LogP contribution in [-0.2, 0) is 16.6 Å². The monoisotopic (exact) mass is 461 g/mol. The number of halogens is 1. The quantitative estimate of drug-likeness (QED) is 0.448. The molecule has 0 spiro atoms. The van der Waals surface area contributed by atoms with Crippen molar-refractivity contribution in [3.8, 4) is 11.3 Å². The largest absolute Gasteiger partial charge is 0.389 e. The van der Waals surface area contributed by atoms with Crippen LogP contribution in [0.2, 0.25) is 5.02 Å². The highest BCUT2D eigenvalue weighted by Gasteiger charge is 2.16. The molecule has 0 atom stereocenters. The molecule has 2 N–H and O–H groups in total. The van der Waals surface area contributed by atoms with Gasteiger partial charge in [0.15, 0.2) is 0 Å². The van der Waals surface area contributed by atoms with E-state index in [-0.39, 0.29) is 11.0 Å². The highest BCUT2D eigenvalue weighted by molar-refractivity contribution is 7.89. The van der Waals surface area contributed by atoms with Gasteiger partial charge in [-0.3, -0.25) is 4.68 Å². The van der Waals surface area contributed by atoms with Crippen molar-refractivity contribution in [1.82, 2.24) is 28.9 Å². The molecule has 0 saturated heterocycles. The first kappa shape index (κ1) is 21.2. The van der Waals surface area contributed by atoms with Crippen molar-refractivity contribution in [2.45, 2.75) is 26.0 Å². The summed E-state index contributed by atoms with van der Waals surface area (Å²) in [6, 6.07) is 5.60. The minimum atomic E-state index is -3.51. The lowest BCUT2D eigenvalue weighted by Gasteiger charge is -2.16. The Kier molecular flexibility index (Phi) is 5.20. The fourth-order valence-corrected chi connectivity index (χ4v) is 3.71. The van der Waals surface area contributed by atoms with Gasteiger partial charge >= 0.3 is 0 Å². The average Bonchev–Trinajstić information content (AvgIpc) is 3.28. The predicted molar refractivity (Wildman–Crippen MR) is 118 cm³/mol. The van der Waals surface area contributed by atoms with E-state index in [1.165, 1.54) is 18.6 Å². The van der Waals surface area contributed by atoms with E-state index in [9.17, 15) is 13.5 Å². The number of aromatic nitrogens is 6. The molecule has 12 heteroatoms. The van der Waals surface area contributed by atoms with E-state index in [0.29, 0.717) is 23.5 Å². The Bertz CT molecular complexity index is 1370. The number of fused-ring (bicyclic) bond motifs is 1. The van der Waals surface area contributed by atoms with Crippen LogP contribution in [0.1, 0.15) is 13.8 Å². The SMILES string of the molecule is CC(C)(O)Cn1cc2ccc(Nc3ncc(Cl)c(-c4cnn(S(C)(=O)=O)c4)n3)cc2n1. The van der Waals surface area contributed by atoms with Gasteiger partial charge in [-0.15, -0.1) is 0 Å². The Hall–Kier alpha value is -3.02. The molecule has 10 nitrogen and oxygen atoms in total. The zero-order valence-corrected chi connectivity index (χ0v) is 18.6. The van der Waals surface area contributed by atoms with E-state index < -0.39 is 15.6 Å². The summed E-state index contributed by atoms with van der Waals surface area (Å²) in [4.78, 5) is 8.60. The minimum absolute atomic E-state index is 0.263. The number of aliphatic hydroxyl groups is 1. The summed E-state index contributed by atoms with van der Waals surface area (Å²) in [7, 11) is -3.51. The second kappa shape index (κ2) is 7.59. The van der Waals surface area contributed by atoms with E-state index in [2.05, 4.69) is 25.5 Å². The van der Waals surface area contributed by atoms with Crippen LogP contribution < -0.4 is 5.32 Å². The van der Waals surface area contributed by atoms with Crippen molar-refractivity contribution in [1.29, 1.82) is 0 Å². The summed E-state index contributed by atoms with van der Waals surface area (Å²) in [5.41, 5.74) is 1.38. The van der Waals surface area contributed by atoms with Gasteiger partial charge in [-0.2, -0.15) is 14.3 Å². The van der Waals surface area contributed by atoms with Crippen LogP contribution >= 0.6 is 11.6 Å². The molecule has 162 valence electrons. The summed E-state index contributed by atoms with van der Waals surface area (Å²) >= 11 is 6.22. The topological polar surface area (TPSA) is 128 Å². The number of anilines is 2. The summed E-state index contributed by atoms with van der Waals surface area (Å²) in [5, 5.41) is 22.6. The molecule has 0 unspecified atom stereocenters. The molecule has 0 fully saturated rings. The van der Waals surface area contributed by atoms with Crippen LogP contribution in [0.25, 0.3) is 22.2 Å². The molecule has 3 aromatic heterocycles. The lowest BCUT2D eigenvalue weighted by atomic mass is 10.1. The number of rotatable bonds is 6. The van der Waals surface area contributed by atoms with Gasteiger partial charge in [-0.1, -0.05) is 11.6 Å². The van der Waals surface area contributed by atoms with E-state index in [1.807, 2.05) is 24.4 Å². The molecule has 0 aliphatic rings. The standard InChI is InChI=1S/C19H20ClN7O3S/c1-19(2,28)11-26-9-12-4-5-14(6-16(12)25-26)23-18-21-8-15(20)17(24-18)13-7-22-27(10-13)31(3,29)30/h4-10,28H,11H2,1-3H3,(H,21,23,24). The number of hydrogen-bond donors (Lipinski definition) is 2. The lowest BCUT2D eigenvalue weighted by molar-refractivity contribution is 0.0580. The van der Waals surface area contributed by atoms with Crippen LogP contribution in [0.5, 0.6) is 0 Å². The molecule has 4 aromatic rings. The van der Waals surface area contributed by atoms with Crippen molar-refractivity contribution in [3.05, 3.63) is 48.0 Å². The van der Waals surface area contributed by atoms with Crippen molar-refractivity contribution in [2.75, 3.05) is 11.6 Å². The Morgan fingerprint density at radius 1 is 1.23 bits per heavy atom. The summed E-state index contributed by atoms with van der Waals surface area (Å²) in [5.74, 6) is 0.279. The summed E-state index contributed by atoms with van der Waals surface area (Å²) in [6.07, 6.45) is 7.07. The highest BCUT2D eigenvalue weighted by atomic mass is 35.5. The highest BCUT2D eigenvalue weighted by Crippen LogP contribution is 2.27. The fraction of sp³-hybridized carbons (Fsp3) is 0.263. The molecule has 4 rings (SSSR count). The zero-order valence-electron chi connectivity index (χ0n) is 17.0. The third-order valence-corrected chi connectivity index (χ3v) is 5.43. The summed E-state index contributed by atoms with van der Waals surface area (Å²) < 4.78 is 25.9. The molecular formula is C19H20ClN7O3S. The van der Waals surface area contributed by atoms with Gasteiger partial charge < -0.3 is 10.4 Å². The third kappa shape index (κ3) is 4.84. The molecule has 0 aliphatic heterocycles. The number of nitrogens with zero attached hydrogens (tertiary/aromatic N) is 6. The van der Waals surface area contributed by atoms with Gasteiger partial charge in [0.2, 0.25) is 5.95 Å². The summed E-state index contributed by atoms with van der Waals surface area (Å²) in [6.45, 7) is 3.82. The number of hydrogen-bond acceptors (Lipinski definition) is 8. The second-order valence-electron chi connectivity index (χ2n) is 7.79. The molecule has 0 radical (unpaired) electrons. The zero-order chi connectivity index (χ0) is 22.4. The Morgan fingerprint density at radius 3 is 2.68 bits per heavy atom. The van der Waals surface area contributed by atoms with Crippen molar-refractivity contribution < 1.29 is 13.5 Å². The molecule has 3 heterocycles. The minimum Gasteiger partial charge on any atom is -0.389 e. The number of benzene rings is 1. The first-order valence-corrected chi connectivity index (χ1v) is 11.5. The van der Waals surface area contributed by atoms with Crippen molar-refractivity contribution >= 4 is 44.2 Å². The maximum atomic E-state index is 11.7. The van der Waals surface area contributed by atoms with Crippen LogP contribution in [-0.4, -0.2) is 54.3 Å². The lowest BCUT2D eigenvalue weighted by Crippen LogP contribution is -2.26. The molecular weight excluding hydrogens is 442 g/mol. The third-order valence-electron chi connectivity index (χ3n) is 4.28. The van der Waals surface area contributed by atoms with Gasteiger partial charge in [0.05, 0.1) is 53.2 Å². The average molecular weight is 462 g/mol. The molecule has 1 aromatic carbocycles.